The highest BCUT2D eigenvalue weighted by Gasteiger charge is 2.38. The van der Waals surface area contributed by atoms with E-state index >= 15 is 0 Å². The van der Waals surface area contributed by atoms with Gasteiger partial charge in [-0.05, 0) is 87.7 Å². The van der Waals surface area contributed by atoms with Crippen molar-refractivity contribution < 1.29 is 14.3 Å². The van der Waals surface area contributed by atoms with Crippen molar-refractivity contribution in [3.63, 3.8) is 0 Å². The molecule has 0 spiro atoms. The molecule has 0 fully saturated rings. The third-order valence-corrected chi connectivity index (χ3v) is 6.08. The summed E-state index contributed by atoms with van der Waals surface area (Å²) in [5, 5.41) is 0. The van der Waals surface area contributed by atoms with Gasteiger partial charge in [0.1, 0.15) is 0 Å². The van der Waals surface area contributed by atoms with Crippen molar-refractivity contribution in [2.45, 2.75) is 34.6 Å². The number of benzene rings is 2. The number of carbonyl (C=O) groups is 2. The molecule has 4 rings (SSSR count). The predicted molar refractivity (Wildman–Crippen MR) is 131 cm³/mol. The Kier molecular flexibility index (Phi) is 5.81. The van der Waals surface area contributed by atoms with Crippen LogP contribution in [-0.4, -0.2) is 23.6 Å². The van der Waals surface area contributed by atoms with Crippen LogP contribution in [0, 0.1) is 27.7 Å². The van der Waals surface area contributed by atoms with Crippen molar-refractivity contribution in [2.24, 2.45) is 0 Å². The first-order valence-corrected chi connectivity index (χ1v) is 10.9. The zero-order chi connectivity index (χ0) is 23.9. The van der Waals surface area contributed by atoms with E-state index in [0.29, 0.717) is 16.8 Å². The number of ether oxygens (including phenoxy) is 1. The Hall–Kier alpha value is -3.86. The largest absolute Gasteiger partial charge is 0.465 e. The number of nitrogens with zero attached hydrogens (tertiary/aromatic N) is 2. The van der Waals surface area contributed by atoms with Crippen LogP contribution < -0.4 is 4.90 Å². The number of aromatic nitrogens is 1. The molecule has 0 saturated heterocycles. The number of amides is 1. The number of rotatable bonds is 4. The Bertz CT molecular complexity index is 1340. The molecule has 168 valence electrons. The van der Waals surface area contributed by atoms with Gasteiger partial charge < -0.3 is 9.30 Å². The molecule has 0 unspecified atom stereocenters. The van der Waals surface area contributed by atoms with Crippen LogP contribution in [-0.2, 0) is 14.3 Å². The Morgan fingerprint density at radius 2 is 1.48 bits per heavy atom. The number of anilines is 1. The second-order valence-electron chi connectivity index (χ2n) is 8.49. The monoisotopic (exact) mass is 440 g/mol. The van der Waals surface area contributed by atoms with Crippen molar-refractivity contribution in [3.05, 3.63) is 99.5 Å². The lowest BCUT2D eigenvalue weighted by Crippen LogP contribution is -2.24. The van der Waals surface area contributed by atoms with E-state index in [-0.39, 0.29) is 5.91 Å². The molecule has 5 nitrogen and oxygen atoms in total. The van der Waals surface area contributed by atoms with Crippen LogP contribution in [0.2, 0.25) is 0 Å². The van der Waals surface area contributed by atoms with Gasteiger partial charge >= 0.3 is 5.97 Å². The molecule has 5 heteroatoms. The number of carbonyl (C=O) groups excluding carboxylic acids is 2. The maximum Gasteiger partial charge on any atom is 0.340 e. The second kappa shape index (κ2) is 8.58. The highest BCUT2D eigenvalue weighted by molar-refractivity contribution is 6.23. The molecule has 0 atom stereocenters. The van der Waals surface area contributed by atoms with Gasteiger partial charge in [0, 0.05) is 28.5 Å². The number of esters is 1. The molecule has 0 saturated carbocycles. The Morgan fingerprint density at radius 1 is 0.879 bits per heavy atom. The van der Waals surface area contributed by atoms with E-state index in [1.807, 2.05) is 63.2 Å². The zero-order valence-electron chi connectivity index (χ0n) is 19.9. The van der Waals surface area contributed by atoms with E-state index in [2.05, 4.69) is 29.7 Å². The zero-order valence-corrected chi connectivity index (χ0v) is 19.9. The number of hydrogen-bond donors (Lipinski definition) is 0. The molecule has 2 aromatic carbocycles. The first kappa shape index (κ1) is 22.3. The van der Waals surface area contributed by atoms with Gasteiger partial charge in [0.15, 0.2) is 0 Å². The maximum absolute atomic E-state index is 13.6. The maximum atomic E-state index is 13.6. The van der Waals surface area contributed by atoms with Gasteiger partial charge in [-0.15, -0.1) is 0 Å². The average molecular weight is 441 g/mol. The Balaban J connectivity index is 1.86. The molecule has 1 aromatic heterocycles. The van der Waals surface area contributed by atoms with Crippen LogP contribution >= 0.6 is 0 Å². The fourth-order valence-electron chi connectivity index (χ4n) is 4.51. The normalized spacial score (nSPS) is 15.0. The van der Waals surface area contributed by atoms with Crippen LogP contribution in [0.15, 0.2) is 71.4 Å². The van der Waals surface area contributed by atoms with Crippen molar-refractivity contribution in [3.8, 4) is 5.69 Å². The van der Waals surface area contributed by atoms with Crippen LogP contribution in [0.1, 0.15) is 35.0 Å². The van der Waals surface area contributed by atoms with Crippen LogP contribution in [0.3, 0.4) is 0 Å². The fraction of sp³-hybridized carbons (Fsp3) is 0.214. The van der Waals surface area contributed by atoms with E-state index in [1.165, 1.54) is 12.7 Å². The summed E-state index contributed by atoms with van der Waals surface area (Å²) < 4.78 is 7.21. The lowest BCUT2D eigenvalue weighted by atomic mass is 10.0. The third kappa shape index (κ3) is 3.91. The number of methoxy groups -OCH3 is 1. The average Bonchev–Trinajstić information content (AvgIpc) is 3.19. The molecule has 2 heterocycles. The van der Waals surface area contributed by atoms with Crippen LogP contribution in [0.4, 0.5) is 5.69 Å². The molecule has 1 aliphatic heterocycles. The van der Waals surface area contributed by atoms with Crippen LogP contribution in [0.5, 0.6) is 0 Å². The van der Waals surface area contributed by atoms with Gasteiger partial charge in [0.05, 0.1) is 18.3 Å². The highest BCUT2D eigenvalue weighted by Crippen LogP contribution is 2.36. The molecule has 0 N–H and O–H groups in total. The van der Waals surface area contributed by atoms with E-state index in [1.54, 1.807) is 11.8 Å². The van der Waals surface area contributed by atoms with Crippen molar-refractivity contribution >= 4 is 23.6 Å². The minimum absolute atomic E-state index is 0.237. The molecule has 0 radical (unpaired) electrons. The minimum atomic E-state index is -0.519. The molecular weight excluding hydrogens is 412 g/mol. The van der Waals surface area contributed by atoms with E-state index in [0.717, 1.165) is 33.9 Å². The van der Waals surface area contributed by atoms with Gasteiger partial charge in [-0.3, -0.25) is 9.69 Å². The first-order valence-electron chi connectivity index (χ1n) is 10.9. The Labute approximate surface area is 194 Å². The standard InChI is InChI=1S/C28H28N2O3/c1-17-9-7-11-23(13-17)29-19(3)15-22(20(29)4)16-25-26(28(32)33-6)21(5)30(27(25)31)24-12-8-10-18(2)14-24/h7-16H,1-6H3/b25-16-. The predicted octanol–water partition coefficient (Wildman–Crippen LogP) is 5.59. The smallest absolute Gasteiger partial charge is 0.340 e. The lowest BCUT2D eigenvalue weighted by molar-refractivity contribution is -0.136. The summed E-state index contributed by atoms with van der Waals surface area (Å²) in [5.74, 6) is -0.756. The summed E-state index contributed by atoms with van der Waals surface area (Å²) in [4.78, 5) is 27.9. The van der Waals surface area contributed by atoms with Gasteiger partial charge in [-0.1, -0.05) is 24.3 Å². The lowest BCUT2D eigenvalue weighted by Gasteiger charge is -2.18. The third-order valence-electron chi connectivity index (χ3n) is 6.08. The van der Waals surface area contributed by atoms with E-state index in [4.69, 9.17) is 4.74 Å². The summed E-state index contributed by atoms with van der Waals surface area (Å²) in [6.07, 6.45) is 1.81. The van der Waals surface area contributed by atoms with Crippen molar-refractivity contribution in [1.82, 2.24) is 4.57 Å². The molecule has 3 aromatic rings. The topological polar surface area (TPSA) is 51.5 Å². The van der Waals surface area contributed by atoms with E-state index < -0.39 is 5.97 Å². The number of aryl methyl sites for hydroxylation is 3. The Morgan fingerprint density at radius 3 is 2.09 bits per heavy atom. The van der Waals surface area contributed by atoms with Crippen LogP contribution in [0.25, 0.3) is 11.8 Å². The summed E-state index contributed by atoms with van der Waals surface area (Å²) in [6.45, 7) is 9.88. The van der Waals surface area contributed by atoms with E-state index in [9.17, 15) is 9.59 Å². The van der Waals surface area contributed by atoms with Gasteiger partial charge in [-0.2, -0.15) is 0 Å². The van der Waals surface area contributed by atoms with Gasteiger partial charge in [0.2, 0.25) is 0 Å². The molecule has 0 aliphatic carbocycles. The molecule has 33 heavy (non-hydrogen) atoms. The quantitative estimate of drug-likeness (QED) is 0.393. The second-order valence-corrected chi connectivity index (χ2v) is 8.49. The molecule has 1 amide bonds. The highest BCUT2D eigenvalue weighted by atomic mass is 16.5. The van der Waals surface area contributed by atoms with Gasteiger partial charge in [-0.25, -0.2) is 4.79 Å². The molecular formula is C28H28N2O3. The summed E-state index contributed by atoms with van der Waals surface area (Å²) >= 11 is 0. The van der Waals surface area contributed by atoms with Gasteiger partial charge in [0.25, 0.3) is 5.91 Å². The molecule has 1 aliphatic rings. The number of hydrogen-bond acceptors (Lipinski definition) is 3. The van der Waals surface area contributed by atoms with Crippen molar-refractivity contribution in [2.75, 3.05) is 12.0 Å². The summed E-state index contributed by atoms with van der Waals surface area (Å²) in [6, 6.07) is 18.0. The first-order chi connectivity index (χ1) is 15.7. The van der Waals surface area contributed by atoms with Crippen molar-refractivity contribution in [1.29, 1.82) is 0 Å². The summed E-state index contributed by atoms with van der Waals surface area (Å²) in [7, 11) is 1.34. The minimum Gasteiger partial charge on any atom is -0.465 e. The fourth-order valence-corrected chi connectivity index (χ4v) is 4.51. The summed E-state index contributed by atoms with van der Waals surface area (Å²) in [5.41, 5.74) is 8.13. The number of allylic oxidation sites excluding steroid dienone is 1. The SMILES string of the molecule is COC(=O)C1=C(C)N(c2cccc(C)c2)C(=O)/C1=C\c1cc(C)n(-c2cccc(C)c2)c1C. The molecule has 0 bridgehead atoms.